The van der Waals surface area contributed by atoms with Gasteiger partial charge in [0.15, 0.2) is 6.61 Å². The maximum atomic E-state index is 12.9. The summed E-state index contributed by atoms with van der Waals surface area (Å²) >= 11 is 0. The molecule has 1 aromatic carbocycles. The predicted molar refractivity (Wildman–Crippen MR) is 52.6 cm³/mol. The second kappa shape index (κ2) is 5.19. The fraction of sp³-hybridized carbons (Fsp3) is 0.364. The fourth-order valence-electron chi connectivity index (χ4n) is 1.10. The Kier molecular flexibility index (Phi) is 4.17. The van der Waals surface area contributed by atoms with Crippen molar-refractivity contribution in [1.82, 2.24) is 0 Å². The lowest BCUT2D eigenvalue weighted by Crippen LogP contribution is -2.54. The molecule has 110 valence electrons. The minimum absolute atomic E-state index is 0.143. The third kappa shape index (κ3) is 3.12. The van der Waals surface area contributed by atoms with Gasteiger partial charge in [0.1, 0.15) is 5.75 Å². The molecule has 0 radical (unpaired) electrons. The molecule has 0 unspecified atom stereocenters. The van der Waals surface area contributed by atoms with Crippen LogP contribution in [0.1, 0.15) is 5.56 Å². The minimum Gasteiger partial charge on any atom is -0.487 e. The first-order valence-electron chi connectivity index (χ1n) is 4.96. The van der Waals surface area contributed by atoms with Crippen LogP contribution in [0.15, 0.2) is 24.3 Å². The molecule has 0 amide bonds. The van der Waals surface area contributed by atoms with E-state index in [0.717, 1.165) is 24.3 Å². The molecule has 0 aromatic heterocycles. The number of rotatable bonds is 4. The largest absolute Gasteiger partial charge is 0.487 e. The Balaban J connectivity index is 2.79. The standard InChI is InChI=1S/C11H6F7NO/c12-9(13,10(14,15)11(16,17)18)6-20-8-3-1-7(5-19)2-4-8/h1-4H,6H2. The summed E-state index contributed by atoms with van der Waals surface area (Å²) in [5.74, 6) is -12.0. The average molecular weight is 301 g/mol. The first-order chi connectivity index (χ1) is 9.01. The van der Waals surface area contributed by atoms with Gasteiger partial charge in [-0.25, -0.2) is 0 Å². The number of hydrogen-bond acceptors (Lipinski definition) is 2. The summed E-state index contributed by atoms with van der Waals surface area (Å²) in [6.07, 6.45) is -6.38. The van der Waals surface area contributed by atoms with Gasteiger partial charge in [-0.05, 0) is 24.3 Å². The van der Waals surface area contributed by atoms with Crippen LogP contribution in [0.4, 0.5) is 30.7 Å². The molecule has 0 saturated heterocycles. The molecule has 2 nitrogen and oxygen atoms in total. The van der Waals surface area contributed by atoms with Crippen LogP contribution in [0, 0.1) is 11.3 Å². The molecule has 0 bridgehead atoms. The van der Waals surface area contributed by atoms with Crippen LogP contribution in [-0.4, -0.2) is 24.6 Å². The lowest BCUT2D eigenvalue weighted by molar-refractivity contribution is -0.358. The molecule has 9 heteroatoms. The Morgan fingerprint density at radius 1 is 0.950 bits per heavy atom. The molecule has 0 atom stereocenters. The number of ether oxygens (including phenoxy) is 1. The van der Waals surface area contributed by atoms with Crippen molar-refractivity contribution in [3.63, 3.8) is 0 Å². The van der Waals surface area contributed by atoms with Gasteiger partial charge in [-0.1, -0.05) is 0 Å². The van der Waals surface area contributed by atoms with E-state index in [1.54, 1.807) is 6.07 Å². The van der Waals surface area contributed by atoms with Gasteiger partial charge in [0.2, 0.25) is 0 Å². The van der Waals surface area contributed by atoms with E-state index in [1.165, 1.54) is 0 Å². The SMILES string of the molecule is N#Cc1ccc(OCC(F)(F)C(F)(F)C(F)(F)F)cc1. The highest BCUT2D eigenvalue weighted by Crippen LogP contribution is 2.46. The van der Waals surface area contributed by atoms with E-state index in [1.807, 2.05) is 0 Å². The van der Waals surface area contributed by atoms with E-state index in [4.69, 9.17) is 5.26 Å². The molecular formula is C11H6F7NO. The number of nitriles is 1. The summed E-state index contributed by atoms with van der Waals surface area (Å²) in [4.78, 5) is 0. The van der Waals surface area contributed by atoms with Gasteiger partial charge in [-0.3, -0.25) is 0 Å². The van der Waals surface area contributed by atoms with E-state index in [0.29, 0.717) is 0 Å². The van der Waals surface area contributed by atoms with Crippen molar-refractivity contribution in [3.05, 3.63) is 29.8 Å². The van der Waals surface area contributed by atoms with Crippen molar-refractivity contribution in [1.29, 1.82) is 5.26 Å². The van der Waals surface area contributed by atoms with Gasteiger partial charge in [-0.15, -0.1) is 0 Å². The van der Waals surface area contributed by atoms with Gasteiger partial charge in [-0.2, -0.15) is 36.0 Å². The Labute approximate surface area is 108 Å². The zero-order valence-corrected chi connectivity index (χ0v) is 9.52. The monoisotopic (exact) mass is 301 g/mol. The quantitative estimate of drug-likeness (QED) is 0.793. The Morgan fingerprint density at radius 3 is 1.85 bits per heavy atom. The second-order valence-electron chi connectivity index (χ2n) is 3.70. The molecule has 0 N–H and O–H groups in total. The van der Waals surface area contributed by atoms with E-state index >= 15 is 0 Å². The lowest BCUT2D eigenvalue weighted by atomic mass is 10.1. The molecule has 0 fully saturated rings. The van der Waals surface area contributed by atoms with Crippen molar-refractivity contribution in [2.75, 3.05) is 6.61 Å². The highest BCUT2D eigenvalue weighted by atomic mass is 19.4. The Hall–Kier alpha value is -1.98. The Bertz CT molecular complexity index is 501. The van der Waals surface area contributed by atoms with E-state index in [9.17, 15) is 30.7 Å². The summed E-state index contributed by atoms with van der Waals surface area (Å²) in [6, 6.07) is 5.97. The zero-order chi connectivity index (χ0) is 15.6. The van der Waals surface area contributed by atoms with E-state index in [2.05, 4.69) is 4.74 Å². The zero-order valence-electron chi connectivity index (χ0n) is 9.52. The minimum atomic E-state index is -6.38. The van der Waals surface area contributed by atoms with Gasteiger partial charge < -0.3 is 4.74 Å². The summed E-state index contributed by atoms with van der Waals surface area (Å²) in [5, 5.41) is 8.45. The topological polar surface area (TPSA) is 33.0 Å². The fourth-order valence-corrected chi connectivity index (χ4v) is 1.10. The first kappa shape index (κ1) is 16.1. The summed E-state index contributed by atoms with van der Waals surface area (Å²) < 4.78 is 90.5. The third-order valence-corrected chi connectivity index (χ3v) is 2.22. The molecular weight excluding hydrogens is 295 g/mol. The van der Waals surface area contributed by atoms with Crippen LogP contribution >= 0.6 is 0 Å². The number of halogens is 7. The molecule has 0 aliphatic carbocycles. The van der Waals surface area contributed by atoms with Gasteiger partial charge in [0.05, 0.1) is 11.6 Å². The maximum absolute atomic E-state index is 12.9. The molecule has 0 saturated carbocycles. The molecule has 20 heavy (non-hydrogen) atoms. The van der Waals surface area contributed by atoms with Crippen molar-refractivity contribution in [2.45, 2.75) is 18.0 Å². The smallest absolute Gasteiger partial charge is 0.460 e. The molecule has 1 rings (SSSR count). The average Bonchev–Trinajstić information content (AvgIpc) is 2.35. The predicted octanol–water partition coefficient (Wildman–Crippen LogP) is 3.77. The van der Waals surface area contributed by atoms with Crippen LogP contribution in [-0.2, 0) is 0 Å². The molecule has 0 aliphatic rings. The van der Waals surface area contributed by atoms with Gasteiger partial charge in [0.25, 0.3) is 0 Å². The van der Waals surface area contributed by atoms with E-state index < -0.39 is 24.6 Å². The van der Waals surface area contributed by atoms with E-state index in [-0.39, 0.29) is 11.3 Å². The first-order valence-corrected chi connectivity index (χ1v) is 4.96. The van der Waals surface area contributed by atoms with Crippen LogP contribution in [0.2, 0.25) is 0 Å². The molecule has 1 aromatic rings. The number of benzene rings is 1. The van der Waals surface area contributed by atoms with Crippen LogP contribution in [0.25, 0.3) is 0 Å². The van der Waals surface area contributed by atoms with Gasteiger partial charge in [0, 0.05) is 0 Å². The van der Waals surface area contributed by atoms with Crippen LogP contribution in [0.3, 0.4) is 0 Å². The van der Waals surface area contributed by atoms with Crippen molar-refractivity contribution in [3.8, 4) is 11.8 Å². The van der Waals surface area contributed by atoms with Crippen molar-refractivity contribution >= 4 is 0 Å². The van der Waals surface area contributed by atoms with Crippen LogP contribution in [0.5, 0.6) is 5.75 Å². The van der Waals surface area contributed by atoms with Crippen molar-refractivity contribution < 1.29 is 35.5 Å². The maximum Gasteiger partial charge on any atom is 0.460 e. The third-order valence-electron chi connectivity index (χ3n) is 2.22. The van der Waals surface area contributed by atoms with Crippen LogP contribution < -0.4 is 4.74 Å². The summed E-state index contributed by atoms with van der Waals surface area (Å²) in [5.41, 5.74) is 0.143. The van der Waals surface area contributed by atoms with Gasteiger partial charge >= 0.3 is 18.0 Å². The lowest BCUT2D eigenvalue weighted by Gasteiger charge is -2.27. The van der Waals surface area contributed by atoms with Crippen molar-refractivity contribution in [2.24, 2.45) is 0 Å². The summed E-state index contributed by atoms with van der Waals surface area (Å²) in [6.45, 7) is -2.15. The number of alkyl halides is 7. The Morgan fingerprint density at radius 2 is 1.45 bits per heavy atom. The molecule has 0 heterocycles. The molecule has 0 aliphatic heterocycles. The normalized spacial score (nSPS) is 12.9. The summed E-state index contributed by atoms with van der Waals surface area (Å²) in [7, 11) is 0. The highest BCUT2D eigenvalue weighted by Gasteiger charge is 2.73. The highest BCUT2D eigenvalue weighted by molar-refractivity contribution is 5.34. The molecule has 0 spiro atoms. The number of nitrogens with zero attached hydrogens (tertiary/aromatic N) is 1. The second-order valence-corrected chi connectivity index (χ2v) is 3.70. The number of hydrogen-bond donors (Lipinski definition) is 0.